The topological polar surface area (TPSA) is 6.48 Å². The minimum absolute atomic E-state index is 0.779. The van der Waals surface area contributed by atoms with Gasteiger partial charge in [-0.05, 0) is 32.5 Å². The highest BCUT2D eigenvalue weighted by molar-refractivity contribution is 6.88. The molecule has 0 bridgehead atoms. The minimum Gasteiger partial charge on any atom is -0.334 e. The highest BCUT2D eigenvalue weighted by Gasteiger charge is 2.45. The molecule has 0 spiro atoms. The number of piperidine rings is 1. The molecule has 0 saturated carbocycles. The van der Waals surface area contributed by atoms with Gasteiger partial charge < -0.3 is 8.80 Å². The molecule has 0 aromatic rings. The molecule has 1 saturated heterocycles. The van der Waals surface area contributed by atoms with Crippen molar-refractivity contribution in [3.8, 4) is 0 Å². The van der Waals surface area contributed by atoms with Crippen LogP contribution >= 0.6 is 0 Å². The Bertz CT molecular complexity index is 263. The van der Waals surface area contributed by atoms with Crippen molar-refractivity contribution in [3.63, 3.8) is 0 Å². The summed E-state index contributed by atoms with van der Waals surface area (Å²) in [5.74, 6) is 0. The van der Waals surface area contributed by atoms with Gasteiger partial charge in [0.15, 0.2) is 8.40 Å². The molecule has 1 aliphatic rings. The van der Waals surface area contributed by atoms with Crippen LogP contribution in [0.5, 0.6) is 0 Å². The maximum absolute atomic E-state index is 2.92. The second-order valence-corrected chi connectivity index (χ2v) is 16.8. The van der Waals surface area contributed by atoms with E-state index < -0.39 is 16.6 Å². The van der Waals surface area contributed by atoms with Gasteiger partial charge in [0.25, 0.3) is 0 Å². The predicted molar refractivity (Wildman–Crippen MR) is 87.8 cm³/mol. The van der Waals surface area contributed by atoms with Crippen LogP contribution in [-0.2, 0) is 0 Å². The van der Waals surface area contributed by atoms with E-state index in [0.29, 0.717) is 0 Å². The summed E-state index contributed by atoms with van der Waals surface area (Å²) < 4.78 is 5.83. The smallest absolute Gasteiger partial charge is 0.194 e. The van der Waals surface area contributed by atoms with Crippen LogP contribution in [0.25, 0.3) is 0 Å². The van der Waals surface area contributed by atoms with Crippen LogP contribution in [0.3, 0.4) is 0 Å². The normalized spacial score (nSPS) is 27.8. The van der Waals surface area contributed by atoms with Crippen LogP contribution < -0.4 is 0 Å². The lowest BCUT2D eigenvalue weighted by Gasteiger charge is -2.55. The monoisotopic (exact) mass is 286 g/mol. The molecule has 1 rings (SSSR count). The van der Waals surface area contributed by atoms with Crippen LogP contribution in [0, 0.1) is 0 Å². The van der Waals surface area contributed by atoms with Crippen LogP contribution in [0.4, 0.5) is 0 Å². The van der Waals surface area contributed by atoms with Crippen LogP contribution in [-0.4, -0.2) is 44.1 Å². The standard InChI is InChI=1S/C14H34N2Si2/c1-9-15(17(4,5)6)18(7,8)16-13(2)11-10-12-14(16)3/h13-14H,9-12H2,1-8H3. The highest BCUT2D eigenvalue weighted by atomic mass is 28.4. The second kappa shape index (κ2) is 5.77. The van der Waals surface area contributed by atoms with Crippen LogP contribution in [0.2, 0.25) is 32.7 Å². The third kappa shape index (κ3) is 3.27. The Balaban J connectivity index is 3.02. The van der Waals surface area contributed by atoms with E-state index in [4.69, 9.17) is 0 Å². The Morgan fingerprint density at radius 2 is 1.44 bits per heavy atom. The molecule has 108 valence electrons. The lowest BCUT2D eigenvalue weighted by Crippen LogP contribution is -2.72. The Morgan fingerprint density at radius 1 is 1.00 bits per heavy atom. The van der Waals surface area contributed by atoms with E-state index in [-0.39, 0.29) is 0 Å². The van der Waals surface area contributed by atoms with Crippen molar-refractivity contribution in [1.82, 2.24) is 8.80 Å². The first-order valence-corrected chi connectivity index (χ1v) is 14.0. The molecule has 0 aromatic carbocycles. The van der Waals surface area contributed by atoms with E-state index in [9.17, 15) is 0 Å². The summed E-state index contributed by atoms with van der Waals surface area (Å²) in [6, 6.07) is 1.56. The molecule has 18 heavy (non-hydrogen) atoms. The predicted octanol–water partition coefficient (Wildman–Crippen LogP) is 4.11. The average Bonchev–Trinajstić information content (AvgIpc) is 2.14. The molecule has 2 unspecified atom stereocenters. The quantitative estimate of drug-likeness (QED) is 0.718. The fourth-order valence-electron chi connectivity index (χ4n) is 4.32. The van der Waals surface area contributed by atoms with E-state index in [1.807, 2.05) is 0 Å². The molecule has 0 N–H and O–H groups in total. The van der Waals surface area contributed by atoms with E-state index in [2.05, 4.69) is 62.3 Å². The van der Waals surface area contributed by atoms with E-state index in [1.165, 1.54) is 25.8 Å². The van der Waals surface area contributed by atoms with Crippen molar-refractivity contribution in [1.29, 1.82) is 0 Å². The zero-order valence-corrected chi connectivity index (χ0v) is 15.9. The van der Waals surface area contributed by atoms with Gasteiger partial charge in [0.05, 0.1) is 0 Å². The summed E-state index contributed by atoms with van der Waals surface area (Å²) in [5, 5.41) is 0. The second-order valence-electron chi connectivity index (χ2n) is 7.45. The van der Waals surface area contributed by atoms with Crippen molar-refractivity contribution < 1.29 is 0 Å². The first kappa shape index (κ1) is 16.4. The van der Waals surface area contributed by atoms with Gasteiger partial charge in [0, 0.05) is 12.1 Å². The fourth-order valence-corrected chi connectivity index (χ4v) is 15.7. The van der Waals surface area contributed by atoms with E-state index >= 15 is 0 Å². The highest BCUT2D eigenvalue weighted by Crippen LogP contribution is 2.32. The molecule has 0 aromatic heterocycles. The summed E-state index contributed by atoms with van der Waals surface area (Å²) in [5.41, 5.74) is 0. The van der Waals surface area contributed by atoms with Gasteiger partial charge in [-0.2, -0.15) is 0 Å². The molecule has 4 heteroatoms. The molecule has 0 radical (unpaired) electrons. The minimum atomic E-state index is -1.47. The number of hydrogen-bond donors (Lipinski definition) is 0. The zero-order chi connectivity index (χ0) is 14.1. The molecular weight excluding hydrogens is 252 g/mol. The Kier molecular flexibility index (Phi) is 5.26. The first-order chi connectivity index (χ1) is 8.12. The molecular formula is C14H34N2Si2. The van der Waals surface area contributed by atoms with Gasteiger partial charge in [-0.25, -0.2) is 0 Å². The molecule has 1 heterocycles. The summed E-state index contributed by atoms with van der Waals surface area (Å²) in [4.78, 5) is 0. The maximum atomic E-state index is 2.92. The van der Waals surface area contributed by atoms with Gasteiger partial charge in [0.2, 0.25) is 0 Å². The van der Waals surface area contributed by atoms with Gasteiger partial charge in [-0.1, -0.05) is 46.8 Å². The Labute approximate surface area is 117 Å². The third-order valence-corrected chi connectivity index (χ3v) is 14.0. The van der Waals surface area contributed by atoms with Crippen molar-refractivity contribution in [3.05, 3.63) is 0 Å². The third-order valence-electron chi connectivity index (χ3n) is 4.61. The van der Waals surface area contributed by atoms with Crippen LogP contribution in [0.15, 0.2) is 0 Å². The average molecular weight is 287 g/mol. The molecule has 2 nitrogen and oxygen atoms in total. The summed E-state index contributed by atoms with van der Waals surface area (Å²) in [6.07, 6.45) is 4.20. The van der Waals surface area contributed by atoms with E-state index in [0.717, 1.165) is 12.1 Å². The molecule has 0 aliphatic carbocycles. The maximum Gasteiger partial charge on any atom is 0.194 e. The zero-order valence-electron chi connectivity index (χ0n) is 13.9. The van der Waals surface area contributed by atoms with Gasteiger partial charge >= 0.3 is 0 Å². The number of hydrogen-bond acceptors (Lipinski definition) is 2. The summed E-state index contributed by atoms with van der Waals surface area (Å²) >= 11 is 0. The number of rotatable bonds is 4. The largest absolute Gasteiger partial charge is 0.334 e. The van der Waals surface area contributed by atoms with Gasteiger partial charge in [-0.3, -0.25) is 0 Å². The fraction of sp³-hybridized carbons (Fsp3) is 1.00. The first-order valence-electron chi connectivity index (χ1n) is 7.68. The Morgan fingerprint density at radius 3 is 1.78 bits per heavy atom. The number of nitrogens with zero attached hydrogens (tertiary/aromatic N) is 2. The summed E-state index contributed by atoms with van der Waals surface area (Å²) in [7, 11) is -2.68. The van der Waals surface area contributed by atoms with Crippen molar-refractivity contribution in [2.45, 2.75) is 84.9 Å². The van der Waals surface area contributed by atoms with Gasteiger partial charge in [-0.15, -0.1) is 0 Å². The summed E-state index contributed by atoms with van der Waals surface area (Å²) in [6.45, 7) is 21.1. The molecule has 2 atom stereocenters. The van der Waals surface area contributed by atoms with Gasteiger partial charge in [0.1, 0.15) is 8.24 Å². The van der Waals surface area contributed by atoms with Crippen molar-refractivity contribution in [2.75, 3.05) is 6.54 Å². The van der Waals surface area contributed by atoms with Crippen LogP contribution in [0.1, 0.15) is 40.0 Å². The van der Waals surface area contributed by atoms with Crippen molar-refractivity contribution >= 4 is 16.6 Å². The van der Waals surface area contributed by atoms with E-state index in [1.54, 1.807) is 0 Å². The lowest BCUT2D eigenvalue weighted by atomic mass is 10.0. The molecule has 1 aliphatic heterocycles. The SMILES string of the molecule is CCN([Si](C)(C)C)[Si](C)(C)N1C(C)CCCC1C. The Hall–Kier alpha value is 0.354. The molecule has 1 fully saturated rings. The van der Waals surface area contributed by atoms with Crippen molar-refractivity contribution in [2.24, 2.45) is 0 Å². The lowest BCUT2D eigenvalue weighted by molar-refractivity contribution is 0.181. The molecule has 0 amide bonds.